The van der Waals surface area contributed by atoms with Crippen molar-refractivity contribution in [2.24, 2.45) is 10.2 Å². The molecule has 2 aromatic carbocycles. The monoisotopic (exact) mass is 608 g/mol. The molecule has 0 fully saturated rings. The van der Waals surface area contributed by atoms with E-state index in [1.807, 2.05) is 19.1 Å². The average molecular weight is 608 g/mol. The van der Waals surface area contributed by atoms with Gasteiger partial charge in [-0.1, -0.05) is 12.5 Å². The molecule has 0 unspecified atom stereocenters. The second-order valence-corrected chi connectivity index (χ2v) is 3.88. The van der Waals surface area contributed by atoms with Gasteiger partial charge in [0.2, 0.25) is 5.97 Å². The van der Waals surface area contributed by atoms with E-state index in [9.17, 15) is 4.79 Å². The van der Waals surface area contributed by atoms with E-state index in [4.69, 9.17) is 0 Å². The van der Waals surface area contributed by atoms with Gasteiger partial charge in [0.1, 0.15) is 0 Å². The fourth-order valence-electron chi connectivity index (χ4n) is 1.49. The molecule has 0 aliphatic rings. The van der Waals surface area contributed by atoms with E-state index >= 15 is 0 Å². The SMILES string of the molecule is COC(=O)c1[c-]ccc(N=Nc2cc[c-]c(C)c2)c1.[Y].[Y].[Y].[Y]. The van der Waals surface area contributed by atoms with Gasteiger partial charge < -0.3 is 9.53 Å². The van der Waals surface area contributed by atoms with Crippen LogP contribution in [0.1, 0.15) is 15.9 Å². The fraction of sp³-hybridized carbons (Fsp3) is 0.133. The average Bonchev–Trinajstić information content (AvgIpc) is 2.45. The topological polar surface area (TPSA) is 51.0 Å². The van der Waals surface area contributed by atoms with E-state index in [0.29, 0.717) is 11.3 Å². The number of aryl methyl sites for hydroxylation is 1. The molecule has 0 bridgehead atoms. The van der Waals surface area contributed by atoms with Crippen molar-refractivity contribution in [3.8, 4) is 0 Å². The van der Waals surface area contributed by atoms with Crippen molar-refractivity contribution in [3.05, 3.63) is 59.7 Å². The van der Waals surface area contributed by atoms with Crippen molar-refractivity contribution < 1.29 is 140 Å². The van der Waals surface area contributed by atoms with Crippen molar-refractivity contribution in [3.63, 3.8) is 0 Å². The standard InChI is InChI=1S/C15H12N2O2.4Y/c1-11-5-3-7-13(9-11)16-17-14-8-4-6-12(10-14)15(18)19-2;;;;/h3-4,7-10H,1-2H3;;;;/q-2;;;;. The first-order valence-electron chi connectivity index (χ1n) is 5.69. The normalized spacial score (nSPS) is 8.78. The van der Waals surface area contributed by atoms with Crippen LogP contribution in [-0.2, 0) is 136 Å². The minimum Gasteiger partial charge on any atom is -0.509 e. The minimum absolute atomic E-state index is 0. The maximum atomic E-state index is 11.4. The largest absolute Gasteiger partial charge is 0.509 e. The smallest absolute Gasteiger partial charge is 0.249 e. The van der Waals surface area contributed by atoms with Crippen LogP contribution in [0.5, 0.6) is 0 Å². The van der Waals surface area contributed by atoms with Crippen molar-refractivity contribution >= 4 is 17.3 Å². The summed E-state index contributed by atoms with van der Waals surface area (Å²) in [6, 6.07) is 16.2. The Balaban J connectivity index is -0.000001000. The quantitative estimate of drug-likeness (QED) is 0.303. The van der Waals surface area contributed by atoms with Gasteiger partial charge in [-0.3, -0.25) is 0 Å². The Bertz CT molecular complexity index is 636. The summed E-state index contributed by atoms with van der Waals surface area (Å²) in [6.45, 7) is 1.94. The molecule has 4 nitrogen and oxygen atoms in total. The zero-order valence-electron chi connectivity index (χ0n) is 13.0. The van der Waals surface area contributed by atoms with E-state index in [1.54, 1.807) is 24.3 Å². The van der Waals surface area contributed by atoms with Gasteiger partial charge in [0.15, 0.2) is 0 Å². The maximum Gasteiger partial charge on any atom is 0.249 e. The summed E-state index contributed by atoms with van der Waals surface area (Å²) in [7, 11) is 1.33. The molecular weight excluding hydrogens is 596 g/mol. The molecule has 0 aromatic heterocycles. The molecule has 2 rings (SSSR count). The molecule has 4 radical (unpaired) electrons. The number of nitrogens with zero attached hydrogens (tertiary/aromatic N) is 2. The van der Waals surface area contributed by atoms with Gasteiger partial charge in [-0.25, -0.2) is 0 Å². The van der Waals surface area contributed by atoms with Gasteiger partial charge in [-0.2, -0.15) is 27.9 Å². The van der Waals surface area contributed by atoms with Crippen LogP contribution in [0.3, 0.4) is 0 Å². The summed E-state index contributed by atoms with van der Waals surface area (Å²) in [5, 5.41) is 8.18. The van der Waals surface area contributed by atoms with E-state index in [0.717, 1.165) is 11.3 Å². The van der Waals surface area contributed by atoms with Gasteiger partial charge in [-0.05, 0) is 5.69 Å². The Hall–Kier alpha value is 1.93. The van der Waals surface area contributed by atoms with E-state index in [-0.39, 0.29) is 131 Å². The zero-order chi connectivity index (χ0) is 13.7. The molecule has 0 atom stereocenters. The Morgan fingerprint density at radius 3 is 2.00 bits per heavy atom. The third-order valence-electron chi connectivity index (χ3n) is 2.40. The number of carbonyl (C=O) groups excluding carboxylic acids is 1. The predicted octanol–water partition coefficient (Wildman–Crippen LogP) is 3.79. The third-order valence-corrected chi connectivity index (χ3v) is 2.40. The van der Waals surface area contributed by atoms with Gasteiger partial charge in [0.25, 0.3) is 0 Å². The molecule has 2 aromatic rings. The van der Waals surface area contributed by atoms with Gasteiger partial charge in [0, 0.05) is 137 Å². The van der Waals surface area contributed by atoms with Gasteiger partial charge >= 0.3 is 0 Å². The molecule has 0 saturated heterocycles. The minimum atomic E-state index is -0.442. The number of carbonyl (C=O) groups is 1. The summed E-state index contributed by atoms with van der Waals surface area (Å²) in [6.07, 6.45) is 0. The summed E-state index contributed by atoms with van der Waals surface area (Å²) in [5.74, 6) is -0.442. The van der Waals surface area contributed by atoms with E-state index in [2.05, 4.69) is 27.1 Å². The number of esters is 1. The van der Waals surface area contributed by atoms with Crippen molar-refractivity contribution in [2.75, 3.05) is 7.11 Å². The molecule has 0 amide bonds. The van der Waals surface area contributed by atoms with Crippen molar-refractivity contribution in [2.45, 2.75) is 6.92 Å². The predicted molar refractivity (Wildman–Crippen MR) is 70.8 cm³/mol. The molecule has 0 N–H and O–H groups in total. The molecule has 0 spiro atoms. The zero-order valence-corrected chi connectivity index (χ0v) is 24.3. The van der Waals surface area contributed by atoms with E-state index in [1.165, 1.54) is 7.11 Å². The summed E-state index contributed by atoms with van der Waals surface area (Å²) in [4.78, 5) is 11.4. The number of azo groups is 1. The molecule has 0 aliphatic heterocycles. The Morgan fingerprint density at radius 2 is 1.48 bits per heavy atom. The number of ether oxygens (including phenoxy) is 1. The molecule has 0 saturated carbocycles. The maximum absolute atomic E-state index is 11.4. The van der Waals surface area contributed by atoms with Crippen LogP contribution in [0.2, 0.25) is 0 Å². The molecule has 0 heterocycles. The van der Waals surface area contributed by atoms with E-state index < -0.39 is 5.97 Å². The summed E-state index contributed by atoms with van der Waals surface area (Å²) >= 11 is 0. The molecule has 23 heavy (non-hydrogen) atoms. The van der Waals surface area contributed by atoms with Crippen molar-refractivity contribution in [1.82, 2.24) is 0 Å². The van der Waals surface area contributed by atoms with Crippen LogP contribution < -0.4 is 0 Å². The molecular formula is C15H12N2O2Y4-2. The Morgan fingerprint density at radius 1 is 0.957 bits per heavy atom. The van der Waals surface area contributed by atoms with Crippen LogP contribution in [0.15, 0.2) is 46.6 Å². The first-order chi connectivity index (χ1) is 9.19. The van der Waals surface area contributed by atoms with Crippen LogP contribution in [-0.4, -0.2) is 13.1 Å². The molecule has 8 heteroatoms. The second kappa shape index (κ2) is 16.1. The second-order valence-electron chi connectivity index (χ2n) is 3.88. The van der Waals surface area contributed by atoms with Crippen molar-refractivity contribution in [1.29, 1.82) is 0 Å². The Labute approximate surface area is 237 Å². The van der Waals surface area contributed by atoms with Gasteiger partial charge in [0.05, 0.1) is 7.11 Å². The number of methoxy groups -OCH3 is 1. The summed E-state index contributed by atoms with van der Waals surface area (Å²) in [5.41, 5.74) is 2.64. The first kappa shape index (κ1) is 29.7. The first-order valence-corrected chi connectivity index (χ1v) is 5.69. The Kier molecular flexibility index (Phi) is 20.8. The number of benzene rings is 2. The number of rotatable bonds is 3. The molecule has 0 aliphatic carbocycles. The van der Waals surface area contributed by atoms with Gasteiger partial charge in [-0.15, -0.1) is 36.4 Å². The summed E-state index contributed by atoms with van der Waals surface area (Å²) < 4.78 is 4.62. The number of hydrogen-bond acceptors (Lipinski definition) is 4. The fourth-order valence-corrected chi connectivity index (χ4v) is 1.49. The third kappa shape index (κ3) is 10.6. The molecule has 108 valence electrons. The van der Waals surface area contributed by atoms with Crippen LogP contribution in [0.4, 0.5) is 11.4 Å². The van der Waals surface area contributed by atoms with Crippen LogP contribution in [0.25, 0.3) is 0 Å². The van der Waals surface area contributed by atoms with Crippen LogP contribution >= 0.6 is 0 Å². The number of hydrogen-bond donors (Lipinski definition) is 0. The van der Waals surface area contributed by atoms with Crippen LogP contribution in [0, 0.1) is 19.1 Å².